The van der Waals surface area contributed by atoms with Gasteiger partial charge in [0.05, 0.1) is 12.6 Å². The molecule has 1 heterocycles. The molecule has 1 aliphatic heterocycles. The Hall–Kier alpha value is -1.10. The zero-order valence-corrected chi connectivity index (χ0v) is 11.3. The molecule has 104 valence electrons. The summed E-state index contributed by atoms with van der Waals surface area (Å²) in [6.45, 7) is 4.82. The number of hydrogen-bond donors (Lipinski definition) is 2. The zero-order valence-electron chi connectivity index (χ0n) is 11.3. The van der Waals surface area contributed by atoms with E-state index in [0.717, 1.165) is 19.3 Å². The summed E-state index contributed by atoms with van der Waals surface area (Å²) in [4.78, 5) is 25.0. The van der Waals surface area contributed by atoms with Gasteiger partial charge in [0, 0.05) is 19.5 Å². The first-order valence-corrected chi connectivity index (χ1v) is 6.73. The van der Waals surface area contributed by atoms with E-state index in [0.29, 0.717) is 13.0 Å². The summed E-state index contributed by atoms with van der Waals surface area (Å²) in [7, 11) is 0. The lowest BCUT2D eigenvalue weighted by Crippen LogP contribution is -2.43. The third kappa shape index (κ3) is 5.04. The molecule has 1 rings (SSSR count). The molecule has 1 fully saturated rings. The molecule has 0 aliphatic carbocycles. The third-order valence-corrected chi connectivity index (χ3v) is 3.28. The van der Waals surface area contributed by atoms with Gasteiger partial charge >= 0.3 is 0 Å². The Bertz CT molecular complexity index is 292. The number of aliphatic hydroxyl groups excluding tert-OH is 1. The van der Waals surface area contributed by atoms with Crippen LogP contribution in [0.2, 0.25) is 0 Å². The van der Waals surface area contributed by atoms with Crippen LogP contribution in [0.4, 0.5) is 0 Å². The van der Waals surface area contributed by atoms with Crippen molar-refractivity contribution < 1.29 is 14.7 Å². The van der Waals surface area contributed by atoms with Gasteiger partial charge in [0.1, 0.15) is 0 Å². The maximum atomic E-state index is 11.7. The molecule has 2 N–H and O–H groups in total. The maximum Gasteiger partial charge on any atom is 0.239 e. The van der Waals surface area contributed by atoms with E-state index in [1.807, 2.05) is 13.8 Å². The van der Waals surface area contributed by atoms with Crippen LogP contribution in [0.3, 0.4) is 0 Å². The van der Waals surface area contributed by atoms with Crippen molar-refractivity contribution in [3.63, 3.8) is 0 Å². The highest BCUT2D eigenvalue weighted by molar-refractivity contribution is 5.84. The largest absolute Gasteiger partial charge is 0.391 e. The monoisotopic (exact) mass is 256 g/mol. The number of hydrogen-bond acceptors (Lipinski definition) is 3. The lowest BCUT2D eigenvalue weighted by molar-refractivity contribution is -0.135. The smallest absolute Gasteiger partial charge is 0.239 e. The number of carbonyl (C=O) groups is 2. The Kier molecular flexibility index (Phi) is 6.12. The molecule has 1 saturated heterocycles. The van der Waals surface area contributed by atoms with Crippen LogP contribution in [0.1, 0.15) is 39.5 Å². The highest BCUT2D eigenvalue weighted by atomic mass is 16.3. The maximum absolute atomic E-state index is 11.7. The number of aliphatic hydroxyl groups is 1. The van der Waals surface area contributed by atoms with Crippen LogP contribution in [0.15, 0.2) is 0 Å². The second-order valence-electron chi connectivity index (χ2n) is 5.24. The molecule has 0 aromatic heterocycles. The average Bonchev–Trinajstić information content (AvgIpc) is 2.52. The van der Waals surface area contributed by atoms with Gasteiger partial charge in [-0.3, -0.25) is 9.59 Å². The van der Waals surface area contributed by atoms with E-state index in [9.17, 15) is 14.7 Å². The number of likely N-dealkylation sites (tertiary alicyclic amines) is 1. The van der Waals surface area contributed by atoms with E-state index in [2.05, 4.69) is 5.32 Å². The molecule has 0 radical (unpaired) electrons. The number of amides is 2. The van der Waals surface area contributed by atoms with Crippen LogP contribution in [-0.4, -0.2) is 47.6 Å². The molecule has 1 unspecified atom stereocenters. The van der Waals surface area contributed by atoms with Gasteiger partial charge in [0.15, 0.2) is 0 Å². The fourth-order valence-electron chi connectivity index (χ4n) is 1.89. The van der Waals surface area contributed by atoms with Crippen LogP contribution < -0.4 is 5.32 Å². The fourth-order valence-corrected chi connectivity index (χ4v) is 1.89. The zero-order chi connectivity index (χ0) is 13.5. The van der Waals surface area contributed by atoms with Crippen molar-refractivity contribution in [2.45, 2.75) is 45.6 Å². The standard InChI is InChI=1S/C13H24N2O3/c1-10(2)11(16)8-14-12(17)9-15-7-5-3-4-6-13(15)18/h10-11,16H,3-9H2,1-2H3,(H,14,17). The van der Waals surface area contributed by atoms with Crippen molar-refractivity contribution in [3.8, 4) is 0 Å². The van der Waals surface area contributed by atoms with E-state index < -0.39 is 6.10 Å². The average molecular weight is 256 g/mol. The molecule has 1 aliphatic rings. The first-order valence-electron chi connectivity index (χ1n) is 6.73. The summed E-state index contributed by atoms with van der Waals surface area (Å²) in [6, 6.07) is 0. The molecule has 0 saturated carbocycles. The van der Waals surface area contributed by atoms with E-state index in [-0.39, 0.29) is 30.8 Å². The Balaban J connectivity index is 2.32. The van der Waals surface area contributed by atoms with Crippen LogP contribution in [0.25, 0.3) is 0 Å². The molecular formula is C13H24N2O3. The normalized spacial score (nSPS) is 18.7. The fraction of sp³-hybridized carbons (Fsp3) is 0.846. The first-order chi connectivity index (χ1) is 8.50. The minimum absolute atomic E-state index is 0.0621. The van der Waals surface area contributed by atoms with Crippen molar-refractivity contribution in [1.82, 2.24) is 10.2 Å². The molecule has 0 bridgehead atoms. The second-order valence-corrected chi connectivity index (χ2v) is 5.24. The van der Waals surface area contributed by atoms with Gasteiger partial charge in [-0.25, -0.2) is 0 Å². The van der Waals surface area contributed by atoms with Crippen molar-refractivity contribution in [2.75, 3.05) is 19.6 Å². The van der Waals surface area contributed by atoms with Gasteiger partial charge in [-0.2, -0.15) is 0 Å². The van der Waals surface area contributed by atoms with Crippen molar-refractivity contribution in [1.29, 1.82) is 0 Å². The molecule has 5 nitrogen and oxygen atoms in total. The predicted octanol–water partition coefficient (Wildman–Crippen LogP) is 0.522. The highest BCUT2D eigenvalue weighted by Gasteiger charge is 2.19. The number of carbonyl (C=O) groups excluding carboxylic acids is 2. The second kappa shape index (κ2) is 7.36. The molecule has 18 heavy (non-hydrogen) atoms. The van der Waals surface area contributed by atoms with Crippen LogP contribution in [-0.2, 0) is 9.59 Å². The number of rotatable bonds is 5. The molecule has 0 aromatic rings. The Labute approximate surface area is 109 Å². The molecule has 2 amide bonds. The SMILES string of the molecule is CC(C)C(O)CNC(=O)CN1CCCCCC1=O. The first kappa shape index (κ1) is 15.0. The lowest BCUT2D eigenvalue weighted by atomic mass is 10.1. The van der Waals surface area contributed by atoms with Crippen molar-refractivity contribution >= 4 is 11.8 Å². The molecule has 0 aromatic carbocycles. The number of nitrogens with zero attached hydrogens (tertiary/aromatic N) is 1. The van der Waals surface area contributed by atoms with Gasteiger partial charge in [-0.1, -0.05) is 20.3 Å². The summed E-state index contributed by atoms with van der Waals surface area (Å²) in [5.74, 6) is -0.0119. The highest BCUT2D eigenvalue weighted by Crippen LogP contribution is 2.10. The Morgan fingerprint density at radius 2 is 2.11 bits per heavy atom. The van der Waals surface area contributed by atoms with E-state index in [1.165, 1.54) is 0 Å². The van der Waals surface area contributed by atoms with E-state index >= 15 is 0 Å². The molecule has 0 spiro atoms. The summed E-state index contributed by atoms with van der Waals surface area (Å²) >= 11 is 0. The predicted molar refractivity (Wildman–Crippen MR) is 68.9 cm³/mol. The summed E-state index contributed by atoms with van der Waals surface area (Å²) in [5, 5.41) is 12.3. The van der Waals surface area contributed by atoms with Crippen molar-refractivity contribution in [2.24, 2.45) is 5.92 Å². The Morgan fingerprint density at radius 3 is 2.78 bits per heavy atom. The minimum Gasteiger partial charge on any atom is -0.391 e. The summed E-state index contributed by atoms with van der Waals surface area (Å²) in [5.41, 5.74) is 0. The van der Waals surface area contributed by atoms with Crippen LogP contribution in [0.5, 0.6) is 0 Å². The summed E-state index contributed by atoms with van der Waals surface area (Å²) < 4.78 is 0. The summed E-state index contributed by atoms with van der Waals surface area (Å²) in [6.07, 6.45) is 2.95. The topological polar surface area (TPSA) is 69.6 Å². The minimum atomic E-state index is -0.534. The van der Waals surface area contributed by atoms with E-state index in [4.69, 9.17) is 0 Å². The van der Waals surface area contributed by atoms with Crippen LogP contribution in [0, 0.1) is 5.92 Å². The lowest BCUT2D eigenvalue weighted by Gasteiger charge is -2.21. The van der Waals surface area contributed by atoms with Crippen LogP contribution >= 0.6 is 0 Å². The van der Waals surface area contributed by atoms with Gasteiger partial charge in [0.2, 0.25) is 11.8 Å². The van der Waals surface area contributed by atoms with Gasteiger partial charge in [0.25, 0.3) is 0 Å². The molecule has 5 heteroatoms. The molecular weight excluding hydrogens is 232 g/mol. The van der Waals surface area contributed by atoms with Crippen molar-refractivity contribution in [3.05, 3.63) is 0 Å². The third-order valence-electron chi connectivity index (χ3n) is 3.28. The van der Waals surface area contributed by atoms with Gasteiger partial charge in [-0.15, -0.1) is 0 Å². The van der Waals surface area contributed by atoms with E-state index in [1.54, 1.807) is 4.90 Å². The quantitative estimate of drug-likeness (QED) is 0.753. The molecule has 1 atom stereocenters. The number of nitrogens with one attached hydrogen (secondary N) is 1. The van der Waals surface area contributed by atoms with Gasteiger partial charge < -0.3 is 15.3 Å². The van der Waals surface area contributed by atoms with Gasteiger partial charge in [-0.05, 0) is 18.8 Å². The Morgan fingerprint density at radius 1 is 1.39 bits per heavy atom.